The summed E-state index contributed by atoms with van der Waals surface area (Å²) in [5.74, 6) is 0. The van der Waals surface area contributed by atoms with Crippen LogP contribution in [0.2, 0.25) is 5.02 Å². The van der Waals surface area contributed by atoms with Gasteiger partial charge < -0.3 is 5.32 Å². The van der Waals surface area contributed by atoms with Crippen molar-refractivity contribution in [2.75, 3.05) is 0 Å². The van der Waals surface area contributed by atoms with Crippen LogP contribution in [0.15, 0.2) is 30.4 Å². The third-order valence-electron chi connectivity index (χ3n) is 2.83. The van der Waals surface area contributed by atoms with Crippen LogP contribution in [-0.4, -0.2) is 6.04 Å². The molecule has 1 aromatic rings. The van der Waals surface area contributed by atoms with E-state index in [4.69, 9.17) is 11.6 Å². The zero-order valence-corrected chi connectivity index (χ0v) is 9.72. The van der Waals surface area contributed by atoms with Crippen LogP contribution >= 0.6 is 11.6 Å². The molecule has 0 aromatic heterocycles. The van der Waals surface area contributed by atoms with Crippen LogP contribution in [0.4, 0.5) is 0 Å². The van der Waals surface area contributed by atoms with Gasteiger partial charge in [-0.05, 0) is 37.0 Å². The topological polar surface area (TPSA) is 12.0 Å². The van der Waals surface area contributed by atoms with Gasteiger partial charge in [0.15, 0.2) is 0 Å². The molecular weight excluding hydrogens is 206 g/mol. The number of hydrogen-bond acceptors (Lipinski definition) is 1. The Morgan fingerprint density at radius 3 is 2.73 bits per heavy atom. The maximum atomic E-state index is 5.98. The van der Waals surface area contributed by atoms with Crippen LogP contribution in [0.25, 0.3) is 0 Å². The summed E-state index contributed by atoms with van der Waals surface area (Å²) in [5, 5.41) is 4.39. The molecule has 1 aromatic carbocycles. The highest BCUT2D eigenvalue weighted by atomic mass is 35.5. The van der Waals surface area contributed by atoms with Crippen LogP contribution in [0.3, 0.4) is 0 Å². The number of aryl methyl sites for hydroxylation is 1. The first kappa shape index (κ1) is 10.7. The highest BCUT2D eigenvalue weighted by Gasteiger charge is 2.08. The summed E-state index contributed by atoms with van der Waals surface area (Å²) in [6.45, 7) is 2.98. The summed E-state index contributed by atoms with van der Waals surface area (Å²) < 4.78 is 0. The normalized spacial score (nSPS) is 16.1. The van der Waals surface area contributed by atoms with Gasteiger partial charge in [-0.1, -0.05) is 35.9 Å². The molecule has 0 saturated heterocycles. The molecule has 0 heterocycles. The average Bonchev–Trinajstić information content (AvgIpc) is 2.73. The molecule has 0 aliphatic heterocycles. The number of nitrogens with one attached hydrogen (secondary N) is 1. The Morgan fingerprint density at radius 2 is 2.07 bits per heavy atom. The molecule has 1 aliphatic rings. The first-order valence-corrected chi connectivity index (χ1v) is 5.77. The largest absolute Gasteiger partial charge is 0.309 e. The maximum Gasteiger partial charge on any atom is 0.0435 e. The first-order chi connectivity index (χ1) is 7.25. The van der Waals surface area contributed by atoms with Gasteiger partial charge in [0.25, 0.3) is 0 Å². The molecule has 0 saturated carbocycles. The van der Waals surface area contributed by atoms with Gasteiger partial charge in [-0.2, -0.15) is 0 Å². The van der Waals surface area contributed by atoms with Gasteiger partial charge in [0, 0.05) is 17.6 Å². The van der Waals surface area contributed by atoms with Crippen molar-refractivity contribution in [1.29, 1.82) is 0 Å². The SMILES string of the molecule is Cc1cc(CNC2CC=CC2)ccc1Cl. The smallest absolute Gasteiger partial charge is 0.0435 e. The molecular formula is C13H16ClN. The van der Waals surface area contributed by atoms with Crippen molar-refractivity contribution in [2.45, 2.75) is 32.4 Å². The van der Waals surface area contributed by atoms with Gasteiger partial charge in [-0.15, -0.1) is 0 Å². The molecule has 2 rings (SSSR count). The van der Waals surface area contributed by atoms with E-state index in [2.05, 4.69) is 29.6 Å². The summed E-state index contributed by atoms with van der Waals surface area (Å²) in [6, 6.07) is 6.84. The second-order valence-corrected chi connectivity index (χ2v) is 4.51. The molecule has 0 fully saturated rings. The van der Waals surface area contributed by atoms with Gasteiger partial charge in [-0.3, -0.25) is 0 Å². The Bertz CT molecular complexity index is 363. The molecule has 0 amide bonds. The Hall–Kier alpha value is -0.790. The van der Waals surface area contributed by atoms with E-state index in [0.29, 0.717) is 6.04 Å². The minimum Gasteiger partial charge on any atom is -0.309 e. The lowest BCUT2D eigenvalue weighted by atomic mass is 10.1. The van der Waals surface area contributed by atoms with Crippen molar-refractivity contribution < 1.29 is 0 Å². The molecule has 2 heteroatoms. The van der Waals surface area contributed by atoms with Gasteiger partial charge in [0.2, 0.25) is 0 Å². The van der Waals surface area contributed by atoms with Crippen LogP contribution in [0.5, 0.6) is 0 Å². The predicted molar refractivity (Wildman–Crippen MR) is 65.2 cm³/mol. The highest BCUT2D eigenvalue weighted by Crippen LogP contribution is 2.17. The molecule has 0 atom stereocenters. The van der Waals surface area contributed by atoms with Crippen molar-refractivity contribution in [3.05, 3.63) is 46.5 Å². The van der Waals surface area contributed by atoms with E-state index < -0.39 is 0 Å². The summed E-state index contributed by atoms with van der Waals surface area (Å²) in [5.41, 5.74) is 2.46. The average molecular weight is 222 g/mol. The van der Waals surface area contributed by atoms with E-state index >= 15 is 0 Å². The molecule has 0 bridgehead atoms. The van der Waals surface area contributed by atoms with Crippen LogP contribution in [-0.2, 0) is 6.54 Å². The zero-order chi connectivity index (χ0) is 10.7. The molecule has 15 heavy (non-hydrogen) atoms. The zero-order valence-electron chi connectivity index (χ0n) is 8.96. The highest BCUT2D eigenvalue weighted by molar-refractivity contribution is 6.31. The third-order valence-corrected chi connectivity index (χ3v) is 3.25. The molecule has 1 nitrogen and oxygen atoms in total. The van der Waals surface area contributed by atoms with E-state index in [9.17, 15) is 0 Å². The molecule has 1 aliphatic carbocycles. The van der Waals surface area contributed by atoms with Crippen molar-refractivity contribution in [3.8, 4) is 0 Å². The Balaban J connectivity index is 1.90. The van der Waals surface area contributed by atoms with E-state index in [1.54, 1.807) is 0 Å². The Morgan fingerprint density at radius 1 is 1.33 bits per heavy atom. The van der Waals surface area contributed by atoms with Crippen molar-refractivity contribution >= 4 is 11.6 Å². The van der Waals surface area contributed by atoms with Crippen molar-refractivity contribution in [1.82, 2.24) is 5.32 Å². The lowest BCUT2D eigenvalue weighted by molar-refractivity contribution is 0.538. The van der Waals surface area contributed by atoms with E-state index in [-0.39, 0.29) is 0 Å². The number of hydrogen-bond donors (Lipinski definition) is 1. The first-order valence-electron chi connectivity index (χ1n) is 5.39. The Labute approximate surface area is 96.1 Å². The monoisotopic (exact) mass is 221 g/mol. The second kappa shape index (κ2) is 4.82. The summed E-state index contributed by atoms with van der Waals surface area (Å²) in [4.78, 5) is 0. The van der Waals surface area contributed by atoms with Gasteiger partial charge in [0.1, 0.15) is 0 Å². The predicted octanol–water partition coefficient (Wildman–Crippen LogP) is 3.46. The van der Waals surface area contributed by atoms with Gasteiger partial charge in [-0.25, -0.2) is 0 Å². The minimum absolute atomic E-state index is 0.626. The fraction of sp³-hybridized carbons (Fsp3) is 0.385. The summed E-state index contributed by atoms with van der Waals surface area (Å²) in [7, 11) is 0. The molecule has 80 valence electrons. The standard InChI is InChI=1S/C13H16ClN/c1-10-8-11(6-7-13(10)14)9-15-12-4-2-3-5-12/h2-3,6-8,12,15H,4-5,9H2,1H3. The molecule has 0 radical (unpaired) electrons. The fourth-order valence-corrected chi connectivity index (χ4v) is 1.98. The van der Waals surface area contributed by atoms with E-state index in [0.717, 1.165) is 30.0 Å². The van der Waals surface area contributed by atoms with Crippen molar-refractivity contribution in [3.63, 3.8) is 0 Å². The summed E-state index contributed by atoms with van der Waals surface area (Å²) >= 11 is 5.98. The maximum absolute atomic E-state index is 5.98. The number of rotatable bonds is 3. The number of benzene rings is 1. The van der Waals surface area contributed by atoms with Crippen LogP contribution < -0.4 is 5.32 Å². The molecule has 1 N–H and O–H groups in total. The van der Waals surface area contributed by atoms with E-state index in [1.807, 2.05) is 13.0 Å². The van der Waals surface area contributed by atoms with E-state index in [1.165, 1.54) is 5.56 Å². The van der Waals surface area contributed by atoms with Gasteiger partial charge in [0.05, 0.1) is 0 Å². The Kier molecular flexibility index (Phi) is 3.45. The minimum atomic E-state index is 0.626. The van der Waals surface area contributed by atoms with Crippen LogP contribution in [0, 0.1) is 6.92 Å². The second-order valence-electron chi connectivity index (χ2n) is 4.10. The molecule has 0 spiro atoms. The lowest BCUT2D eigenvalue weighted by Crippen LogP contribution is -2.25. The number of halogens is 1. The quantitative estimate of drug-likeness (QED) is 0.771. The fourth-order valence-electron chi connectivity index (χ4n) is 1.86. The summed E-state index contributed by atoms with van der Waals surface area (Å²) in [6.07, 6.45) is 6.80. The van der Waals surface area contributed by atoms with Crippen molar-refractivity contribution in [2.24, 2.45) is 0 Å². The molecule has 0 unspecified atom stereocenters. The third kappa shape index (κ3) is 2.83. The van der Waals surface area contributed by atoms with Gasteiger partial charge >= 0.3 is 0 Å². The van der Waals surface area contributed by atoms with Crippen LogP contribution in [0.1, 0.15) is 24.0 Å². The lowest BCUT2D eigenvalue weighted by Gasteiger charge is -2.12.